The number of pyridine rings is 2. The second-order valence-electron chi connectivity index (χ2n) is 19.3. The minimum absolute atomic E-state index is 0. The molecule has 6 heterocycles. The Balaban J connectivity index is 0.000000193. The molecule has 14 aromatic rings. The van der Waals surface area contributed by atoms with Gasteiger partial charge in [-0.25, -0.2) is 6.21 Å². The molecule has 14 rings (SSSR count). The number of halogens is 8. The van der Waals surface area contributed by atoms with Crippen LogP contribution in [0.4, 0.5) is 30.7 Å². The van der Waals surface area contributed by atoms with Gasteiger partial charge in [-0.2, -0.15) is 13.2 Å². The molecular formula is C69H50AgClF7Ir2N11O3S-. The first-order valence-corrected chi connectivity index (χ1v) is 32.1. The van der Waals surface area contributed by atoms with Crippen LogP contribution in [0.1, 0.15) is 6.92 Å². The molecule has 26 heteroatoms. The summed E-state index contributed by atoms with van der Waals surface area (Å²) in [7, 11) is 8.87. The van der Waals surface area contributed by atoms with Crippen molar-refractivity contribution >= 4 is 70.6 Å². The number of alkyl halides is 3. The van der Waals surface area contributed by atoms with Crippen LogP contribution in [0.5, 0.6) is 0 Å². The summed E-state index contributed by atoms with van der Waals surface area (Å²) in [5.41, 5.74) is 8.48. The maximum atomic E-state index is 13.2. The molecule has 0 saturated carbocycles. The predicted octanol–water partition coefficient (Wildman–Crippen LogP) is 16.9. The van der Waals surface area contributed by atoms with Gasteiger partial charge in [0.1, 0.15) is 0 Å². The molecule has 0 bridgehead atoms. The van der Waals surface area contributed by atoms with Gasteiger partial charge in [0.15, 0.2) is 0 Å². The number of benzene rings is 8. The van der Waals surface area contributed by atoms with E-state index in [2.05, 4.69) is 86.4 Å². The van der Waals surface area contributed by atoms with Crippen LogP contribution in [0.15, 0.2) is 207 Å². The SMILES string of the molecule is CC=[N-].Cn1c(-c2[c-]c(-c3nc4ccccc4n3C)ccc2)nc2ccccc21.Cn1c(-c2[c-]c(-c3nc4ccccc4n3C)ccc2)nc2ccccc21.Fc1c[c-]c(-c2ccccn2)c(F)c1.Fc1c[c-]c(-c2ccccn2)c(F)c1.O=[S-](=O)C(F)(F)F.[Cl][Ir+2].[Ir+3].[O]=[Ag]. The van der Waals surface area contributed by atoms with E-state index >= 15 is 0 Å². The molecule has 8 aromatic carbocycles. The fourth-order valence-corrected chi connectivity index (χ4v) is 9.31. The Kier molecular flexibility index (Phi) is 28.7. The van der Waals surface area contributed by atoms with Gasteiger partial charge in [-0.3, -0.25) is 37.5 Å². The van der Waals surface area contributed by atoms with Crippen molar-refractivity contribution in [2.45, 2.75) is 12.4 Å². The Morgan fingerprint density at radius 3 is 0.947 bits per heavy atom. The average Bonchev–Trinajstić information content (AvgIpc) is 1.65. The van der Waals surface area contributed by atoms with Crippen LogP contribution in [0, 0.1) is 47.5 Å². The van der Waals surface area contributed by atoms with E-state index in [1.165, 1.54) is 17.9 Å². The third-order valence-electron chi connectivity index (χ3n) is 13.4. The molecule has 14 nitrogen and oxygen atoms in total. The van der Waals surface area contributed by atoms with Crippen molar-refractivity contribution in [2.24, 2.45) is 28.2 Å². The molecule has 0 atom stereocenters. The van der Waals surface area contributed by atoms with Crippen molar-refractivity contribution in [2.75, 3.05) is 0 Å². The van der Waals surface area contributed by atoms with E-state index in [0.29, 0.717) is 11.4 Å². The molecule has 95 heavy (non-hydrogen) atoms. The van der Waals surface area contributed by atoms with E-state index < -0.39 is 39.5 Å². The molecule has 0 radical (unpaired) electrons. The van der Waals surface area contributed by atoms with E-state index in [1.807, 2.05) is 137 Å². The quantitative estimate of drug-likeness (QED) is 0.0517. The molecule has 6 aromatic heterocycles. The Morgan fingerprint density at radius 2 is 0.726 bits per heavy atom. The van der Waals surface area contributed by atoms with Gasteiger partial charge in [0, 0.05) is 74.6 Å². The standard InChI is InChI=1S/2C22H17N4.2C11H6F2N.C2H4N.CF3O2S.Ag.ClH.2Ir.O/c2*1-25-19-12-5-3-10-17(19)23-21(25)15-8-7-9-16(14-15)22-24-18-11-4-6-13-20(18)26(22)2;2*12-8-4-5-9(10(13)7-8)11-3-1-2-6-14-11;1-2-3;2-1(3,4)7(5)6;;;;;/h2*3-13H,1-2H3;2*1-4,6-7H;2H,1H3;;;1H;;;/q6*-1;;;2*+3;/p-1. The van der Waals surface area contributed by atoms with E-state index in [9.17, 15) is 30.7 Å². The van der Waals surface area contributed by atoms with Crippen LogP contribution >= 0.6 is 9.58 Å². The van der Waals surface area contributed by atoms with Crippen molar-refractivity contribution in [3.63, 3.8) is 0 Å². The molecule has 0 aliphatic heterocycles. The zero-order valence-corrected chi connectivity index (χ0v) is 58.1. The average molecular weight is 1770 g/mol. The van der Waals surface area contributed by atoms with Crippen molar-refractivity contribution in [1.82, 2.24) is 48.2 Å². The van der Waals surface area contributed by atoms with Crippen LogP contribution in [0.25, 0.3) is 118 Å². The first-order valence-electron chi connectivity index (χ1n) is 27.5. The third kappa shape index (κ3) is 19.2. The van der Waals surface area contributed by atoms with Crippen LogP contribution in [-0.4, -0.2) is 59.9 Å². The third-order valence-corrected chi connectivity index (χ3v) is 13.8. The molecule has 0 unspecified atom stereocenters. The van der Waals surface area contributed by atoms with E-state index in [4.69, 9.17) is 37.0 Å². The summed E-state index contributed by atoms with van der Waals surface area (Å²) in [6.07, 6.45) is 4.10. The summed E-state index contributed by atoms with van der Waals surface area (Å²) in [4.78, 5) is 27.0. The number of nitrogens with zero attached hydrogens (tertiary/aromatic N) is 11. The van der Waals surface area contributed by atoms with Gasteiger partial charge >= 0.3 is 77.4 Å². The first kappa shape index (κ1) is 75.2. The molecule has 0 N–H and O–H groups in total. The summed E-state index contributed by atoms with van der Waals surface area (Å²) in [6, 6.07) is 71.0. The summed E-state index contributed by atoms with van der Waals surface area (Å²) in [5, 5.41) is 7.44. The van der Waals surface area contributed by atoms with Crippen molar-refractivity contribution in [3.8, 4) is 68.1 Å². The van der Waals surface area contributed by atoms with Crippen LogP contribution in [-0.2, 0) is 110 Å². The number of aryl methyl sites for hydroxylation is 4. The van der Waals surface area contributed by atoms with Crippen molar-refractivity contribution in [1.29, 1.82) is 0 Å². The van der Waals surface area contributed by atoms with Crippen LogP contribution in [0.2, 0.25) is 0 Å². The minimum atomic E-state index is -5.08. The Hall–Kier alpha value is -8.80. The molecular weight excluding hydrogens is 1720 g/mol. The molecule has 0 aliphatic rings. The molecule has 0 aliphatic carbocycles. The number of hydrogen-bond donors (Lipinski definition) is 0. The topological polar surface area (TPSA) is 171 Å². The van der Waals surface area contributed by atoms with Crippen LogP contribution in [0.3, 0.4) is 0 Å². The monoisotopic (exact) mass is 1770 g/mol. The summed E-state index contributed by atoms with van der Waals surface area (Å²) >= 11 is 3.17. The maximum absolute atomic E-state index is 13.2. The van der Waals surface area contributed by atoms with E-state index in [1.54, 1.807) is 76.8 Å². The van der Waals surface area contributed by atoms with E-state index in [0.717, 1.165) is 120 Å². The fraction of sp³-hybridized carbons (Fsp3) is 0.0870. The fourth-order valence-electron chi connectivity index (χ4n) is 9.31. The second kappa shape index (κ2) is 36.2. The number of imidazole rings is 4. The van der Waals surface area contributed by atoms with E-state index in [-0.39, 0.29) is 31.2 Å². The Labute approximate surface area is 583 Å². The van der Waals surface area contributed by atoms with Gasteiger partial charge in [-0.05, 0) is 72.1 Å². The molecule has 0 saturated heterocycles. The zero-order valence-electron chi connectivity index (χ0n) is 50.3. The molecule has 0 fully saturated rings. The summed E-state index contributed by atoms with van der Waals surface area (Å²) in [6.45, 7) is 1.56. The normalized spacial score (nSPS) is 10.5. The zero-order chi connectivity index (χ0) is 68.1. The number of fused-ring (bicyclic) bond motifs is 4. The molecule has 0 amide bonds. The summed E-state index contributed by atoms with van der Waals surface area (Å²) in [5.74, 6) is 1.06. The van der Waals surface area contributed by atoms with Crippen molar-refractivity contribution < 1.29 is 101 Å². The van der Waals surface area contributed by atoms with Crippen molar-refractivity contribution in [3.05, 3.63) is 259 Å². The molecule has 491 valence electrons. The van der Waals surface area contributed by atoms with Gasteiger partial charge < -0.3 is 42.1 Å². The van der Waals surface area contributed by atoms with Gasteiger partial charge in [0.25, 0.3) is 0 Å². The molecule has 0 spiro atoms. The number of hydrogen-bond acceptors (Lipinski definition) is 10. The first-order chi connectivity index (χ1) is 45.3. The number of para-hydroxylation sites is 8. The van der Waals surface area contributed by atoms with Crippen LogP contribution < -0.4 is 0 Å². The number of rotatable bonds is 6. The van der Waals surface area contributed by atoms with Gasteiger partial charge in [-0.15, -0.1) is 72.8 Å². The van der Waals surface area contributed by atoms with Gasteiger partial charge in [0.05, 0.1) is 67.4 Å². The summed E-state index contributed by atoms with van der Waals surface area (Å²) < 4.78 is 118. The van der Waals surface area contributed by atoms with Gasteiger partial charge in [-0.1, -0.05) is 125 Å². The number of aromatic nitrogens is 10. The Bertz CT molecular complexity index is 4440. The van der Waals surface area contributed by atoms with Gasteiger partial charge in [0.2, 0.25) is 0 Å². The second-order valence-corrected chi connectivity index (χ2v) is 20.3. The predicted molar refractivity (Wildman–Crippen MR) is 343 cm³/mol. The Morgan fingerprint density at radius 1 is 0.474 bits per heavy atom.